The second-order valence-electron chi connectivity index (χ2n) is 6.22. The molecule has 2 heterocycles. The van der Waals surface area contributed by atoms with E-state index in [-0.39, 0.29) is 0 Å². The van der Waals surface area contributed by atoms with Gasteiger partial charge in [0.25, 0.3) is 0 Å². The van der Waals surface area contributed by atoms with Gasteiger partial charge in [-0.1, -0.05) is 25.7 Å². The van der Waals surface area contributed by atoms with Gasteiger partial charge in [-0.25, -0.2) is 4.98 Å². The second kappa shape index (κ2) is 6.42. The quantitative estimate of drug-likeness (QED) is 0.856. The van der Waals surface area contributed by atoms with Gasteiger partial charge in [0.05, 0.1) is 0 Å². The van der Waals surface area contributed by atoms with E-state index in [1.165, 1.54) is 51.4 Å². The summed E-state index contributed by atoms with van der Waals surface area (Å²) in [4.78, 5) is 11.7. The zero-order valence-electron chi connectivity index (χ0n) is 12.6. The van der Waals surface area contributed by atoms with Crippen molar-refractivity contribution in [1.82, 2.24) is 9.97 Å². The lowest BCUT2D eigenvalue weighted by Crippen LogP contribution is -2.23. The molecule has 0 aromatic carbocycles. The standard InChI is InChI=1S/C16H26N4/c1-13-12-15(18-14-8-4-2-3-5-9-14)19-16(17-13)20-10-6-7-11-20/h12,14H,2-11H2,1H3,(H,17,18,19). The van der Waals surface area contributed by atoms with Gasteiger partial charge in [-0.05, 0) is 32.6 Å². The minimum Gasteiger partial charge on any atom is -0.367 e. The maximum absolute atomic E-state index is 4.74. The van der Waals surface area contributed by atoms with Gasteiger partial charge in [-0.2, -0.15) is 4.98 Å². The van der Waals surface area contributed by atoms with Crippen molar-refractivity contribution < 1.29 is 0 Å². The predicted octanol–water partition coefficient (Wildman–Crippen LogP) is 3.52. The number of aryl methyl sites for hydroxylation is 1. The van der Waals surface area contributed by atoms with Gasteiger partial charge in [0.15, 0.2) is 0 Å². The summed E-state index contributed by atoms with van der Waals surface area (Å²) in [6.07, 6.45) is 10.6. The predicted molar refractivity (Wildman–Crippen MR) is 83.3 cm³/mol. The Balaban J connectivity index is 1.71. The molecule has 0 bridgehead atoms. The van der Waals surface area contributed by atoms with E-state index in [4.69, 9.17) is 4.98 Å². The van der Waals surface area contributed by atoms with E-state index in [9.17, 15) is 0 Å². The molecule has 0 spiro atoms. The molecule has 0 radical (unpaired) electrons. The summed E-state index contributed by atoms with van der Waals surface area (Å²) in [6.45, 7) is 4.28. The third-order valence-corrected chi connectivity index (χ3v) is 4.44. The van der Waals surface area contributed by atoms with E-state index >= 15 is 0 Å². The van der Waals surface area contributed by atoms with Gasteiger partial charge >= 0.3 is 0 Å². The maximum atomic E-state index is 4.74. The molecular weight excluding hydrogens is 248 g/mol. The number of hydrogen-bond acceptors (Lipinski definition) is 4. The fraction of sp³-hybridized carbons (Fsp3) is 0.750. The zero-order chi connectivity index (χ0) is 13.8. The Hall–Kier alpha value is -1.32. The highest BCUT2D eigenvalue weighted by Crippen LogP contribution is 2.23. The van der Waals surface area contributed by atoms with Gasteiger partial charge in [0.1, 0.15) is 5.82 Å². The molecule has 4 nitrogen and oxygen atoms in total. The number of nitrogens with zero attached hydrogens (tertiary/aromatic N) is 3. The lowest BCUT2D eigenvalue weighted by atomic mass is 10.1. The molecule has 1 aromatic heterocycles. The molecule has 1 aliphatic heterocycles. The molecule has 3 rings (SSSR count). The summed E-state index contributed by atoms with van der Waals surface area (Å²) < 4.78 is 0. The molecule has 1 aliphatic carbocycles. The third kappa shape index (κ3) is 3.41. The first-order valence-electron chi connectivity index (χ1n) is 8.18. The highest BCUT2D eigenvalue weighted by molar-refractivity contribution is 5.44. The molecule has 0 amide bonds. The van der Waals surface area contributed by atoms with Crippen molar-refractivity contribution in [3.8, 4) is 0 Å². The van der Waals surface area contributed by atoms with Crippen molar-refractivity contribution in [2.75, 3.05) is 23.3 Å². The molecule has 4 heteroatoms. The first-order chi connectivity index (χ1) is 9.81. The van der Waals surface area contributed by atoms with Crippen LogP contribution in [0, 0.1) is 6.92 Å². The molecule has 20 heavy (non-hydrogen) atoms. The summed E-state index contributed by atoms with van der Waals surface area (Å²) in [6, 6.07) is 2.68. The van der Waals surface area contributed by atoms with Crippen LogP contribution in [0.2, 0.25) is 0 Å². The first-order valence-corrected chi connectivity index (χ1v) is 8.18. The minimum absolute atomic E-state index is 0.596. The highest BCUT2D eigenvalue weighted by atomic mass is 15.3. The summed E-state index contributed by atoms with van der Waals surface area (Å²) in [5.74, 6) is 1.94. The van der Waals surface area contributed by atoms with Crippen LogP contribution in [0.1, 0.15) is 57.1 Å². The van der Waals surface area contributed by atoms with Gasteiger partial charge in [0, 0.05) is 30.9 Å². The van der Waals surface area contributed by atoms with E-state index < -0.39 is 0 Å². The molecule has 1 saturated carbocycles. The average molecular weight is 274 g/mol. The fourth-order valence-corrected chi connectivity index (χ4v) is 3.32. The number of nitrogens with one attached hydrogen (secondary N) is 1. The van der Waals surface area contributed by atoms with Crippen LogP contribution in [0.5, 0.6) is 0 Å². The second-order valence-corrected chi connectivity index (χ2v) is 6.22. The highest BCUT2D eigenvalue weighted by Gasteiger charge is 2.17. The monoisotopic (exact) mass is 274 g/mol. The van der Waals surface area contributed by atoms with Crippen LogP contribution in [0.3, 0.4) is 0 Å². The lowest BCUT2D eigenvalue weighted by Gasteiger charge is -2.20. The molecule has 2 fully saturated rings. The Bertz CT molecular complexity index is 432. The van der Waals surface area contributed by atoms with Crippen LogP contribution in [-0.4, -0.2) is 29.1 Å². The molecule has 110 valence electrons. The summed E-state index contributed by atoms with van der Waals surface area (Å²) in [7, 11) is 0. The Labute approximate surface area is 122 Å². The summed E-state index contributed by atoms with van der Waals surface area (Å²) >= 11 is 0. The van der Waals surface area contributed by atoms with Crippen LogP contribution in [0.15, 0.2) is 6.07 Å². The van der Waals surface area contributed by atoms with E-state index in [1.54, 1.807) is 0 Å². The summed E-state index contributed by atoms with van der Waals surface area (Å²) in [5, 5.41) is 3.65. The van der Waals surface area contributed by atoms with Crippen LogP contribution in [0.25, 0.3) is 0 Å². The van der Waals surface area contributed by atoms with Gasteiger partial charge < -0.3 is 10.2 Å². The zero-order valence-corrected chi connectivity index (χ0v) is 12.6. The van der Waals surface area contributed by atoms with E-state index in [1.807, 2.05) is 0 Å². The topological polar surface area (TPSA) is 41.1 Å². The third-order valence-electron chi connectivity index (χ3n) is 4.44. The Morgan fingerprint density at radius 2 is 1.70 bits per heavy atom. The van der Waals surface area contributed by atoms with Crippen molar-refractivity contribution in [3.05, 3.63) is 11.8 Å². The number of aromatic nitrogens is 2. The van der Waals surface area contributed by atoms with E-state index in [0.29, 0.717) is 6.04 Å². The van der Waals surface area contributed by atoms with Gasteiger partial charge in [-0.3, -0.25) is 0 Å². The molecule has 0 atom stereocenters. The first kappa shape index (κ1) is 13.7. The Kier molecular flexibility index (Phi) is 4.38. The van der Waals surface area contributed by atoms with Crippen molar-refractivity contribution >= 4 is 11.8 Å². The Morgan fingerprint density at radius 3 is 2.40 bits per heavy atom. The number of hydrogen-bond donors (Lipinski definition) is 1. The van der Waals surface area contributed by atoms with Crippen LogP contribution < -0.4 is 10.2 Å². The van der Waals surface area contributed by atoms with Crippen LogP contribution >= 0.6 is 0 Å². The van der Waals surface area contributed by atoms with Crippen molar-refractivity contribution in [3.63, 3.8) is 0 Å². The summed E-state index contributed by atoms with van der Waals surface area (Å²) in [5.41, 5.74) is 1.07. The van der Waals surface area contributed by atoms with Crippen molar-refractivity contribution in [1.29, 1.82) is 0 Å². The van der Waals surface area contributed by atoms with Crippen LogP contribution in [-0.2, 0) is 0 Å². The molecule has 1 aromatic rings. The van der Waals surface area contributed by atoms with Gasteiger partial charge in [-0.15, -0.1) is 0 Å². The molecular formula is C16H26N4. The molecule has 1 N–H and O–H groups in total. The fourth-order valence-electron chi connectivity index (χ4n) is 3.32. The minimum atomic E-state index is 0.596. The lowest BCUT2D eigenvalue weighted by molar-refractivity contribution is 0.617. The molecule has 2 aliphatic rings. The average Bonchev–Trinajstić information content (AvgIpc) is 2.85. The van der Waals surface area contributed by atoms with Crippen LogP contribution in [0.4, 0.5) is 11.8 Å². The SMILES string of the molecule is Cc1cc(NC2CCCCCC2)nc(N2CCCC2)n1. The van der Waals surface area contributed by atoms with Crippen molar-refractivity contribution in [2.24, 2.45) is 0 Å². The Morgan fingerprint density at radius 1 is 1.00 bits per heavy atom. The molecule has 1 saturated heterocycles. The van der Waals surface area contributed by atoms with E-state index in [2.05, 4.69) is 28.2 Å². The largest absolute Gasteiger partial charge is 0.367 e. The number of rotatable bonds is 3. The maximum Gasteiger partial charge on any atom is 0.227 e. The molecule has 0 unspecified atom stereocenters. The number of anilines is 2. The normalized spacial score (nSPS) is 20.9. The van der Waals surface area contributed by atoms with E-state index in [0.717, 1.165) is 30.5 Å². The van der Waals surface area contributed by atoms with Crippen molar-refractivity contribution in [2.45, 2.75) is 64.3 Å². The van der Waals surface area contributed by atoms with Gasteiger partial charge in [0.2, 0.25) is 5.95 Å². The smallest absolute Gasteiger partial charge is 0.227 e.